The van der Waals surface area contributed by atoms with Crippen molar-refractivity contribution in [1.29, 1.82) is 0 Å². The summed E-state index contributed by atoms with van der Waals surface area (Å²) < 4.78 is 28.0. The molecule has 1 aromatic heterocycles. The number of nitrogens with zero attached hydrogens (tertiary/aromatic N) is 2. The Morgan fingerprint density at radius 3 is 2.38 bits per heavy atom. The summed E-state index contributed by atoms with van der Waals surface area (Å²) in [5.74, 6) is 0. The largest absolute Gasteiger partial charge is 0.390 e. The molecule has 0 radical (unpaired) electrons. The average molecular weight is 308 g/mol. The van der Waals surface area contributed by atoms with Gasteiger partial charge in [0.05, 0.1) is 6.61 Å². The first-order valence-corrected chi connectivity index (χ1v) is 8.06. The Labute approximate surface area is 125 Å². The molecular weight excluding hydrogens is 288 g/mol. The van der Waals surface area contributed by atoms with Gasteiger partial charge in [0, 0.05) is 32.5 Å². The van der Waals surface area contributed by atoms with Crippen molar-refractivity contribution < 1.29 is 13.5 Å². The number of hydrogen-bond acceptors (Lipinski definition) is 3. The van der Waals surface area contributed by atoms with E-state index in [9.17, 15) is 8.42 Å². The molecule has 1 aromatic carbocycles. The maximum atomic E-state index is 12.5. The molecule has 114 valence electrons. The minimum Gasteiger partial charge on any atom is -0.390 e. The van der Waals surface area contributed by atoms with E-state index in [1.54, 1.807) is 18.7 Å². The fraction of sp³-hybridized carbons (Fsp3) is 0.333. The number of aliphatic hydroxyl groups excluding tert-OH is 1. The lowest BCUT2D eigenvalue weighted by atomic mass is 10.1. The van der Waals surface area contributed by atoms with Crippen LogP contribution in [0.3, 0.4) is 0 Å². The second-order valence-electron chi connectivity index (χ2n) is 5.18. The lowest BCUT2D eigenvalue weighted by Gasteiger charge is -2.16. The Bertz CT molecular complexity index is 718. The van der Waals surface area contributed by atoms with E-state index in [1.165, 1.54) is 16.6 Å². The molecule has 21 heavy (non-hydrogen) atoms. The minimum absolute atomic E-state index is 0.187. The molecule has 0 atom stereocenters. The third-order valence-corrected chi connectivity index (χ3v) is 5.25. The normalized spacial score (nSPS) is 12.0. The van der Waals surface area contributed by atoms with Crippen LogP contribution >= 0.6 is 0 Å². The molecule has 0 fully saturated rings. The van der Waals surface area contributed by atoms with Gasteiger partial charge < -0.3 is 9.67 Å². The lowest BCUT2D eigenvalue weighted by molar-refractivity contribution is 0.272. The highest BCUT2D eigenvalue weighted by Gasteiger charge is 2.23. The van der Waals surface area contributed by atoms with Gasteiger partial charge in [0.25, 0.3) is 0 Å². The summed E-state index contributed by atoms with van der Waals surface area (Å²) in [5.41, 5.74) is 2.64. The molecule has 1 heterocycles. The molecule has 2 rings (SSSR count). The Kier molecular flexibility index (Phi) is 4.51. The number of benzene rings is 1. The molecular formula is C15H20N2O3S. The van der Waals surface area contributed by atoms with Gasteiger partial charge in [-0.15, -0.1) is 0 Å². The van der Waals surface area contributed by atoms with Gasteiger partial charge >= 0.3 is 0 Å². The van der Waals surface area contributed by atoms with Gasteiger partial charge in [0.15, 0.2) is 0 Å². The smallest absolute Gasteiger partial charge is 0.244 e. The van der Waals surface area contributed by atoms with Gasteiger partial charge in [-0.2, -0.15) is 4.31 Å². The van der Waals surface area contributed by atoms with Gasteiger partial charge in [0.1, 0.15) is 4.90 Å². The Hall–Kier alpha value is -1.63. The van der Waals surface area contributed by atoms with Gasteiger partial charge in [-0.05, 0) is 18.6 Å². The first kappa shape index (κ1) is 15.8. The summed E-state index contributed by atoms with van der Waals surface area (Å²) in [6, 6.07) is 9.27. The summed E-state index contributed by atoms with van der Waals surface area (Å²) >= 11 is 0. The molecule has 0 spiro atoms. The van der Waals surface area contributed by atoms with Crippen LogP contribution in [0.4, 0.5) is 0 Å². The highest BCUT2D eigenvalue weighted by molar-refractivity contribution is 7.89. The van der Waals surface area contributed by atoms with E-state index in [0.29, 0.717) is 12.2 Å². The number of aryl methyl sites for hydroxylation is 2. The Morgan fingerprint density at radius 1 is 1.24 bits per heavy atom. The summed E-state index contributed by atoms with van der Waals surface area (Å²) in [6.07, 6.45) is 1.52. The van der Waals surface area contributed by atoms with Crippen LogP contribution in [0.1, 0.15) is 16.8 Å². The molecule has 0 aliphatic heterocycles. The van der Waals surface area contributed by atoms with Crippen molar-refractivity contribution >= 4 is 10.0 Å². The van der Waals surface area contributed by atoms with E-state index >= 15 is 0 Å². The summed E-state index contributed by atoms with van der Waals surface area (Å²) in [7, 11) is -0.288. The predicted molar refractivity (Wildman–Crippen MR) is 81.2 cm³/mol. The van der Waals surface area contributed by atoms with E-state index in [0.717, 1.165) is 11.1 Å². The SMILES string of the molecule is Cc1ccc(CN(C)S(=O)(=O)c2cc(CO)n(C)c2)cc1. The molecule has 0 unspecified atom stereocenters. The molecule has 0 aliphatic rings. The standard InChI is InChI=1S/C15H20N2O3S/c1-12-4-6-13(7-5-12)9-17(3)21(19,20)15-8-14(11-18)16(2)10-15/h4-8,10,18H,9,11H2,1-3H3. The molecule has 0 saturated carbocycles. The molecule has 1 N–H and O–H groups in total. The van der Waals surface area contributed by atoms with Crippen LogP contribution in [0.15, 0.2) is 41.4 Å². The van der Waals surface area contributed by atoms with Crippen molar-refractivity contribution in [2.45, 2.75) is 25.0 Å². The fourth-order valence-electron chi connectivity index (χ4n) is 2.09. The minimum atomic E-state index is -3.56. The summed E-state index contributed by atoms with van der Waals surface area (Å²) in [6.45, 7) is 2.12. The van der Waals surface area contributed by atoms with Crippen molar-refractivity contribution in [2.24, 2.45) is 7.05 Å². The third kappa shape index (κ3) is 3.34. The predicted octanol–water partition coefficient (Wildman–Crippen LogP) is 1.65. The highest BCUT2D eigenvalue weighted by atomic mass is 32.2. The van der Waals surface area contributed by atoms with Crippen LogP contribution in [0, 0.1) is 6.92 Å². The van der Waals surface area contributed by atoms with Crippen molar-refractivity contribution in [3.63, 3.8) is 0 Å². The quantitative estimate of drug-likeness (QED) is 0.913. The zero-order chi connectivity index (χ0) is 15.6. The molecule has 0 bridgehead atoms. The first-order chi connectivity index (χ1) is 9.84. The maximum absolute atomic E-state index is 12.5. The number of rotatable bonds is 5. The van der Waals surface area contributed by atoms with E-state index < -0.39 is 10.0 Å². The third-order valence-electron chi connectivity index (χ3n) is 3.48. The maximum Gasteiger partial charge on any atom is 0.244 e. The van der Waals surface area contributed by atoms with E-state index in [2.05, 4.69) is 0 Å². The van der Waals surface area contributed by atoms with E-state index in [4.69, 9.17) is 5.11 Å². The van der Waals surface area contributed by atoms with Crippen LogP contribution in [-0.4, -0.2) is 29.4 Å². The van der Waals surface area contributed by atoms with E-state index in [-0.39, 0.29) is 11.5 Å². The lowest BCUT2D eigenvalue weighted by Crippen LogP contribution is -2.26. The molecule has 2 aromatic rings. The van der Waals surface area contributed by atoms with Crippen LogP contribution < -0.4 is 0 Å². The monoisotopic (exact) mass is 308 g/mol. The molecule has 0 aliphatic carbocycles. The summed E-state index contributed by atoms with van der Waals surface area (Å²) in [4.78, 5) is 0.198. The zero-order valence-corrected chi connectivity index (χ0v) is 13.3. The van der Waals surface area contributed by atoms with Crippen LogP contribution in [0.5, 0.6) is 0 Å². The average Bonchev–Trinajstić information content (AvgIpc) is 2.83. The van der Waals surface area contributed by atoms with Crippen molar-refractivity contribution in [2.75, 3.05) is 7.05 Å². The second-order valence-corrected chi connectivity index (χ2v) is 7.23. The Morgan fingerprint density at radius 2 is 1.86 bits per heavy atom. The number of aliphatic hydroxyl groups is 1. The van der Waals surface area contributed by atoms with Crippen LogP contribution in [0.25, 0.3) is 0 Å². The van der Waals surface area contributed by atoms with Gasteiger partial charge in [-0.3, -0.25) is 0 Å². The second kappa shape index (κ2) is 6.01. The molecule has 0 saturated heterocycles. The topological polar surface area (TPSA) is 62.5 Å². The zero-order valence-electron chi connectivity index (χ0n) is 12.4. The van der Waals surface area contributed by atoms with Gasteiger partial charge in [-0.1, -0.05) is 29.8 Å². The fourth-order valence-corrected chi connectivity index (χ4v) is 3.35. The summed E-state index contributed by atoms with van der Waals surface area (Å²) in [5, 5.41) is 9.17. The molecule has 0 amide bonds. The highest BCUT2D eigenvalue weighted by Crippen LogP contribution is 2.19. The Balaban J connectivity index is 2.23. The molecule has 6 heteroatoms. The van der Waals surface area contributed by atoms with Crippen LogP contribution in [0.2, 0.25) is 0 Å². The van der Waals surface area contributed by atoms with Crippen molar-refractivity contribution in [1.82, 2.24) is 8.87 Å². The number of hydrogen-bond donors (Lipinski definition) is 1. The van der Waals surface area contributed by atoms with Gasteiger partial charge in [0.2, 0.25) is 10.0 Å². The van der Waals surface area contributed by atoms with Gasteiger partial charge in [-0.25, -0.2) is 8.42 Å². The van der Waals surface area contributed by atoms with E-state index in [1.807, 2.05) is 31.2 Å². The molecule has 5 nitrogen and oxygen atoms in total. The van der Waals surface area contributed by atoms with Crippen LogP contribution in [-0.2, 0) is 30.2 Å². The number of sulfonamides is 1. The van der Waals surface area contributed by atoms with Crippen molar-refractivity contribution in [3.8, 4) is 0 Å². The first-order valence-electron chi connectivity index (χ1n) is 6.62. The van der Waals surface area contributed by atoms with Crippen molar-refractivity contribution in [3.05, 3.63) is 53.3 Å². The number of aromatic nitrogens is 1.